The molecule has 0 aromatic heterocycles. The molecule has 1 heterocycles. The van der Waals surface area contributed by atoms with Crippen molar-refractivity contribution in [3.8, 4) is 0 Å². The Kier molecular flexibility index (Phi) is 6.55. The number of hydrogen-bond donors (Lipinski definition) is 1. The van der Waals surface area contributed by atoms with Crippen LogP contribution in [0.5, 0.6) is 0 Å². The van der Waals surface area contributed by atoms with E-state index in [1.165, 1.54) is 71.0 Å². The summed E-state index contributed by atoms with van der Waals surface area (Å²) in [6, 6.07) is 0.719. The van der Waals surface area contributed by atoms with Crippen LogP contribution in [0.2, 0.25) is 0 Å². The second kappa shape index (κ2) is 7.97. The van der Waals surface area contributed by atoms with E-state index in [9.17, 15) is 0 Å². The molecule has 2 nitrogen and oxygen atoms in total. The van der Waals surface area contributed by atoms with Crippen molar-refractivity contribution in [2.24, 2.45) is 11.8 Å². The van der Waals surface area contributed by atoms with E-state index in [2.05, 4.69) is 37.9 Å². The van der Waals surface area contributed by atoms with Crippen LogP contribution >= 0.6 is 0 Å². The Morgan fingerprint density at radius 1 is 1.05 bits per heavy atom. The summed E-state index contributed by atoms with van der Waals surface area (Å²) in [4.78, 5) is 2.90. The molecule has 0 radical (unpaired) electrons. The third-order valence-electron chi connectivity index (χ3n) is 5.58. The van der Waals surface area contributed by atoms with E-state index in [1.807, 2.05) is 0 Å². The van der Waals surface area contributed by atoms with Crippen molar-refractivity contribution in [3.63, 3.8) is 0 Å². The maximum Gasteiger partial charge on any atom is 0.0334 e. The van der Waals surface area contributed by atoms with E-state index in [-0.39, 0.29) is 0 Å². The highest BCUT2D eigenvalue weighted by molar-refractivity contribution is 5.00. The van der Waals surface area contributed by atoms with Gasteiger partial charge in [0, 0.05) is 24.7 Å². The van der Waals surface area contributed by atoms with Crippen molar-refractivity contribution >= 4 is 0 Å². The van der Waals surface area contributed by atoms with Gasteiger partial charge in [0.15, 0.2) is 0 Å². The summed E-state index contributed by atoms with van der Waals surface area (Å²) >= 11 is 0. The highest BCUT2D eigenvalue weighted by atomic mass is 15.3. The van der Waals surface area contributed by atoms with Gasteiger partial charge >= 0.3 is 0 Å². The van der Waals surface area contributed by atoms with Gasteiger partial charge in [0.25, 0.3) is 0 Å². The molecular weight excluding hydrogens is 256 g/mol. The molecule has 1 saturated carbocycles. The Morgan fingerprint density at radius 2 is 1.76 bits per heavy atom. The summed E-state index contributed by atoms with van der Waals surface area (Å²) in [6.07, 6.45) is 11.3. The first kappa shape index (κ1) is 17.3. The smallest absolute Gasteiger partial charge is 0.0334 e. The Balaban J connectivity index is 1.95. The lowest BCUT2D eigenvalue weighted by Gasteiger charge is -2.52. The SMILES string of the molecule is CC(C)CCCN1CC(CC(C)C)NCC12CCCCC2. The maximum atomic E-state index is 3.90. The number of hydrogen-bond acceptors (Lipinski definition) is 2. The fraction of sp³-hybridized carbons (Fsp3) is 1.00. The summed E-state index contributed by atoms with van der Waals surface area (Å²) in [7, 11) is 0. The average Bonchev–Trinajstić information content (AvgIpc) is 2.43. The molecule has 0 bridgehead atoms. The van der Waals surface area contributed by atoms with Crippen molar-refractivity contribution in [2.45, 2.75) is 90.6 Å². The normalized spacial score (nSPS) is 26.9. The van der Waals surface area contributed by atoms with Crippen molar-refractivity contribution in [2.75, 3.05) is 19.6 Å². The summed E-state index contributed by atoms with van der Waals surface area (Å²) in [6.45, 7) is 13.3. The quantitative estimate of drug-likeness (QED) is 0.779. The number of nitrogens with one attached hydrogen (secondary N) is 1. The van der Waals surface area contributed by atoms with E-state index in [0.717, 1.165) is 17.9 Å². The molecule has 1 atom stereocenters. The van der Waals surface area contributed by atoms with E-state index in [1.54, 1.807) is 0 Å². The van der Waals surface area contributed by atoms with Crippen molar-refractivity contribution < 1.29 is 0 Å². The fourth-order valence-electron chi connectivity index (χ4n) is 4.42. The fourth-order valence-corrected chi connectivity index (χ4v) is 4.42. The lowest BCUT2D eigenvalue weighted by Crippen LogP contribution is -2.65. The van der Waals surface area contributed by atoms with Gasteiger partial charge in [-0.05, 0) is 50.5 Å². The molecule has 0 amide bonds. The van der Waals surface area contributed by atoms with E-state index >= 15 is 0 Å². The zero-order valence-corrected chi connectivity index (χ0v) is 15.0. The second-order valence-corrected chi connectivity index (χ2v) is 8.47. The van der Waals surface area contributed by atoms with E-state index < -0.39 is 0 Å². The maximum absolute atomic E-state index is 3.90. The Labute approximate surface area is 133 Å². The Bertz CT molecular complexity index is 292. The molecule has 2 aliphatic rings. The minimum Gasteiger partial charge on any atom is -0.311 e. The first-order chi connectivity index (χ1) is 10.0. The summed E-state index contributed by atoms with van der Waals surface area (Å²) < 4.78 is 0. The molecule has 1 N–H and O–H groups in total. The zero-order chi connectivity index (χ0) is 15.3. The predicted molar refractivity (Wildman–Crippen MR) is 92.7 cm³/mol. The van der Waals surface area contributed by atoms with Crippen molar-refractivity contribution in [1.29, 1.82) is 0 Å². The van der Waals surface area contributed by atoms with Crippen LogP contribution in [0, 0.1) is 11.8 Å². The van der Waals surface area contributed by atoms with Crippen LogP contribution in [0.4, 0.5) is 0 Å². The molecule has 1 saturated heterocycles. The van der Waals surface area contributed by atoms with E-state index in [4.69, 9.17) is 0 Å². The summed E-state index contributed by atoms with van der Waals surface area (Å²) in [5.41, 5.74) is 0.503. The zero-order valence-electron chi connectivity index (χ0n) is 15.0. The van der Waals surface area contributed by atoms with Gasteiger partial charge in [-0.3, -0.25) is 4.90 Å². The molecule has 2 rings (SSSR count). The highest BCUT2D eigenvalue weighted by Crippen LogP contribution is 2.36. The van der Waals surface area contributed by atoms with Crippen LogP contribution in [0.1, 0.15) is 79.1 Å². The molecule has 21 heavy (non-hydrogen) atoms. The Morgan fingerprint density at radius 3 is 2.38 bits per heavy atom. The van der Waals surface area contributed by atoms with Gasteiger partial charge < -0.3 is 5.32 Å². The third kappa shape index (κ3) is 4.96. The molecule has 1 aliphatic heterocycles. The first-order valence-electron chi connectivity index (χ1n) is 9.50. The molecule has 1 unspecified atom stereocenters. The third-order valence-corrected chi connectivity index (χ3v) is 5.58. The summed E-state index contributed by atoms with van der Waals surface area (Å²) in [5.74, 6) is 1.65. The standard InChI is InChI=1S/C19H38N2/c1-16(2)9-8-12-21-14-18(13-17(3)4)20-15-19(21)10-6-5-7-11-19/h16-18,20H,5-15H2,1-4H3. The molecule has 0 aromatic rings. The average molecular weight is 295 g/mol. The largest absolute Gasteiger partial charge is 0.311 e. The van der Waals surface area contributed by atoms with Gasteiger partial charge in [-0.2, -0.15) is 0 Å². The number of nitrogens with zero attached hydrogens (tertiary/aromatic N) is 1. The Hall–Kier alpha value is -0.0800. The monoisotopic (exact) mass is 294 g/mol. The lowest BCUT2D eigenvalue weighted by molar-refractivity contribution is 0.00500. The van der Waals surface area contributed by atoms with Crippen LogP contribution in [0.15, 0.2) is 0 Å². The topological polar surface area (TPSA) is 15.3 Å². The van der Waals surface area contributed by atoms with Crippen LogP contribution in [-0.2, 0) is 0 Å². The van der Waals surface area contributed by atoms with Gasteiger partial charge in [0.1, 0.15) is 0 Å². The van der Waals surface area contributed by atoms with Crippen LogP contribution < -0.4 is 5.32 Å². The number of rotatable bonds is 6. The van der Waals surface area contributed by atoms with Gasteiger partial charge in [-0.15, -0.1) is 0 Å². The lowest BCUT2D eigenvalue weighted by atomic mass is 9.77. The van der Waals surface area contributed by atoms with E-state index in [0.29, 0.717) is 5.54 Å². The molecule has 0 aromatic carbocycles. The predicted octanol–water partition coefficient (Wildman–Crippen LogP) is 4.45. The van der Waals surface area contributed by atoms with Gasteiger partial charge in [0.2, 0.25) is 0 Å². The van der Waals surface area contributed by atoms with Crippen LogP contribution in [0.3, 0.4) is 0 Å². The first-order valence-corrected chi connectivity index (χ1v) is 9.50. The summed E-state index contributed by atoms with van der Waals surface area (Å²) in [5, 5.41) is 3.90. The second-order valence-electron chi connectivity index (χ2n) is 8.47. The highest BCUT2D eigenvalue weighted by Gasteiger charge is 2.41. The molecule has 1 aliphatic carbocycles. The van der Waals surface area contributed by atoms with Crippen LogP contribution in [0.25, 0.3) is 0 Å². The van der Waals surface area contributed by atoms with Crippen molar-refractivity contribution in [1.82, 2.24) is 10.2 Å². The minimum atomic E-state index is 0.503. The molecule has 2 fully saturated rings. The molecule has 1 spiro atoms. The van der Waals surface area contributed by atoms with Gasteiger partial charge in [-0.1, -0.05) is 47.0 Å². The van der Waals surface area contributed by atoms with Crippen LogP contribution in [-0.4, -0.2) is 36.1 Å². The molecule has 2 heteroatoms. The molecular formula is C19H38N2. The van der Waals surface area contributed by atoms with Crippen molar-refractivity contribution in [3.05, 3.63) is 0 Å². The minimum absolute atomic E-state index is 0.503. The molecule has 124 valence electrons. The van der Waals surface area contributed by atoms with Gasteiger partial charge in [-0.25, -0.2) is 0 Å². The number of piperazine rings is 1. The van der Waals surface area contributed by atoms with Gasteiger partial charge in [0.05, 0.1) is 0 Å².